The van der Waals surface area contributed by atoms with Crippen molar-refractivity contribution in [1.29, 1.82) is 0 Å². The second kappa shape index (κ2) is 5.36. The van der Waals surface area contributed by atoms with Crippen molar-refractivity contribution in [3.05, 3.63) is 47.5 Å². The molecule has 96 valence electrons. The number of nitrogens with zero attached hydrogens (tertiary/aromatic N) is 2. The Kier molecular flexibility index (Phi) is 3.82. The molecule has 1 heterocycles. The van der Waals surface area contributed by atoms with Gasteiger partial charge >= 0.3 is 0 Å². The molecule has 1 aromatic carbocycles. The molecule has 2 aromatic rings. The van der Waals surface area contributed by atoms with Gasteiger partial charge in [0.25, 0.3) is 0 Å². The minimum absolute atomic E-state index is 0.483. The third-order valence-corrected chi connectivity index (χ3v) is 3.12. The van der Waals surface area contributed by atoms with Crippen LogP contribution < -0.4 is 5.32 Å². The van der Waals surface area contributed by atoms with Gasteiger partial charge in [-0.05, 0) is 37.1 Å². The van der Waals surface area contributed by atoms with Crippen molar-refractivity contribution >= 4 is 0 Å². The van der Waals surface area contributed by atoms with Crippen LogP contribution in [-0.4, -0.2) is 15.6 Å². The van der Waals surface area contributed by atoms with Crippen LogP contribution in [-0.2, 0) is 6.54 Å². The summed E-state index contributed by atoms with van der Waals surface area (Å²) in [6.45, 7) is 9.36. The quantitative estimate of drug-likeness (QED) is 0.894. The zero-order valence-corrected chi connectivity index (χ0v) is 11.6. The van der Waals surface area contributed by atoms with Gasteiger partial charge < -0.3 is 9.88 Å². The first-order valence-corrected chi connectivity index (χ1v) is 6.40. The van der Waals surface area contributed by atoms with E-state index in [1.165, 1.54) is 16.8 Å². The average molecular weight is 243 g/mol. The lowest BCUT2D eigenvalue weighted by molar-refractivity contribution is 0.582. The van der Waals surface area contributed by atoms with E-state index in [0.29, 0.717) is 6.04 Å². The maximum Gasteiger partial charge on any atom is 0.0995 e. The summed E-state index contributed by atoms with van der Waals surface area (Å²) in [4.78, 5) is 4.42. The minimum Gasteiger partial charge on any atom is -0.309 e. The van der Waals surface area contributed by atoms with Crippen LogP contribution in [0.15, 0.2) is 30.7 Å². The Hall–Kier alpha value is -1.61. The smallest absolute Gasteiger partial charge is 0.0995 e. The summed E-state index contributed by atoms with van der Waals surface area (Å²) in [5, 5.41) is 3.37. The monoisotopic (exact) mass is 243 g/mol. The van der Waals surface area contributed by atoms with E-state index in [0.717, 1.165) is 12.2 Å². The Morgan fingerprint density at radius 1 is 1.22 bits per heavy atom. The van der Waals surface area contributed by atoms with Gasteiger partial charge in [-0.15, -0.1) is 0 Å². The number of hydrogen-bond donors (Lipinski definition) is 1. The second-order valence-electron chi connectivity index (χ2n) is 5.08. The van der Waals surface area contributed by atoms with E-state index in [-0.39, 0.29) is 0 Å². The van der Waals surface area contributed by atoms with E-state index in [1.54, 1.807) is 0 Å². The van der Waals surface area contributed by atoms with Gasteiger partial charge in [-0.2, -0.15) is 0 Å². The maximum absolute atomic E-state index is 4.42. The fourth-order valence-corrected chi connectivity index (χ4v) is 1.79. The van der Waals surface area contributed by atoms with Crippen molar-refractivity contribution in [2.24, 2.45) is 0 Å². The highest BCUT2D eigenvalue weighted by atomic mass is 15.1. The SMILES string of the molecule is Cc1ccc(-n2cnc(CNC(C)C)c2)cc1C. The number of imidazole rings is 1. The zero-order valence-electron chi connectivity index (χ0n) is 11.6. The highest BCUT2D eigenvalue weighted by molar-refractivity contribution is 5.39. The van der Waals surface area contributed by atoms with Gasteiger partial charge in [-0.1, -0.05) is 19.9 Å². The molecule has 0 amide bonds. The maximum atomic E-state index is 4.42. The van der Waals surface area contributed by atoms with E-state index >= 15 is 0 Å². The Labute approximate surface area is 109 Å². The van der Waals surface area contributed by atoms with Gasteiger partial charge in [-0.25, -0.2) is 4.98 Å². The first-order chi connectivity index (χ1) is 8.56. The Balaban J connectivity index is 2.16. The van der Waals surface area contributed by atoms with Crippen LogP contribution in [0.1, 0.15) is 30.7 Å². The van der Waals surface area contributed by atoms with Crippen molar-refractivity contribution in [3.8, 4) is 5.69 Å². The highest BCUT2D eigenvalue weighted by Gasteiger charge is 2.02. The van der Waals surface area contributed by atoms with Crippen molar-refractivity contribution in [2.45, 2.75) is 40.3 Å². The van der Waals surface area contributed by atoms with Crippen LogP contribution >= 0.6 is 0 Å². The number of rotatable bonds is 4. The fraction of sp³-hybridized carbons (Fsp3) is 0.400. The molecule has 0 spiro atoms. The molecular weight excluding hydrogens is 222 g/mol. The fourth-order valence-electron chi connectivity index (χ4n) is 1.79. The van der Waals surface area contributed by atoms with Crippen molar-refractivity contribution in [1.82, 2.24) is 14.9 Å². The van der Waals surface area contributed by atoms with Gasteiger partial charge in [0, 0.05) is 24.5 Å². The lowest BCUT2D eigenvalue weighted by atomic mass is 10.1. The van der Waals surface area contributed by atoms with Crippen LogP contribution in [0.5, 0.6) is 0 Å². The van der Waals surface area contributed by atoms with Crippen LogP contribution in [0.4, 0.5) is 0 Å². The van der Waals surface area contributed by atoms with E-state index < -0.39 is 0 Å². The molecule has 0 aliphatic heterocycles. The van der Waals surface area contributed by atoms with Crippen molar-refractivity contribution in [2.75, 3.05) is 0 Å². The number of aromatic nitrogens is 2. The zero-order chi connectivity index (χ0) is 13.1. The molecule has 3 nitrogen and oxygen atoms in total. The van der Waals surface area contributed by atoms with Gasteiger partial charge in [0.1, 0.15) is 0 Å². The molecule has 1 N–H and O–H groups in total. The molecule has 18 heavy (non-hydrogen) atoms. The molecule has 0 radical (unpaired) electrons. The van der Waals surface area contributed by atoms with Crippen LogP contribution in [0.2, 0.25) is 0 Å². The topological polar surface area (TPSA) is 29.9 Å². The summed E-state index contributed by atoms with van der Waals surface area (Å²) in [7, 11) is 0. The van der Waals surface area contributed by atoms with Gasteiger partial charge in [0.15, 0.2) is 0 Å². The van der Waals surface area contributed by atoms with Crippen LogP contribution in [0, 0.1) is 13.8 Å². The number of nitrogens with one attached hydrogen (secondary N) is 1. The molecule has 3 heteroatoms. The molecule has 0 aliphatic carbocycles. The van der Waals surface area contributed by atoms with E-state index in [9.17, 15) is 0 Å². The van der Waals surface area contributed by atoms with Crippen molar-refractivity contribution in [3.63, 3.8) is 0 Å². The summed E-state index contributed by atoms with van der Waals surface area (Å²) in [5.74, 6) is 0. The van der Waals surface area contributed by atoms with Crippen LogP contribution in [0.25, 0.3) is 5.69 Å². The summed E-state index contributed by atoms with van der Waals surface area (Å²) >= 11 is 0. The predicted molar refractivity (Wildman–Crippen MR) is 75.0 cm³/mol. The summed E-state index contributed by atoms with van der Waals surface area (Å²) in [5.41, 5.74) is 4.87. The standard InChI is InChI=1S/C15H21N3/c1-11(2)16-8-14-9-18(10-17-14)15-6-5-12(3)13(4)7-15/h5-7,9-11,16H,8H2,1-4H3. The van der Waals surface area contributed by atoms with E-state index in [1.807, 2.05) is 6.33 Å². The summed E-state index contributed by atoms with van der Waals surface area (Å²) < 4.78 is 2.07. The number of aryl methyl sites for hydroxylation is 2. The summed E-state index contributed by atoms with van der Waals surface area (Å²) in [6.07, 6.45) is 3.96. The predicted octanol–water partition coefficient (Wildman–Crippen LogP) is 2.99. The molecule has 0 saturated carbocycles. The Morgan fingerprint density at radius 2 is 2.00 bits per heavy atom. The summed E-state index contributed by atoms with van der Waals surface area (Å²) in [6, 6.07) is 6.95. The second-order valence-corrected chi connectivity index (χ2v) is 5.08. The molecule has 2 rings (SSSR count). The van der Waals surface area contributed by atoms with Gasteiger partial charge in [0.2, 0.25) is 0 Å². The molecule has 0 atom stereocenters. The lowest BCUT2D eigenvalue weighted by Crippen LogP contribution is -2.21. The van der Waals surface area contributed by atoms with Crippen LogP contribution in [0.3, 0.4) is 0 Å². The number of hydrogen-bond acceptors (Lipinski definition) is 2. The highest BCUT2D eigenvalue weighted by Crippen LogP contribution is 2.14. The molecular formula is C15H21N3. The molecule has 1 aromatic heterocycles. The van der Waals surface area contributed by atoms with Gasteiger partial charge in [0.05, 0.1) is 12.0 Å². The molecule has 0 bridgehead atoms. The Morgan fingerprint density at radius 3 is 2.67 bits per heavy atom. The third-order valence-electron chi connectivity index (χ3n) is 3.12. The van der Waals surface area contributed by atoms with E-state index in [2.05, 4.69) is 67.0 Å². The lowest BCUT2D eigenvalue weighted by Gasteiger charge is -2.06. The van der Waals surface area contributed by atoms with Gasteiger partial charge in [-0.3, -0.25) is 0 Å². The molecule has 0 fully saturated rings. The minimum atomic E-state index is 0.483. The first-order valence-electron chi connectivity index (χ1n) is 6.40. The Bertz CT molecular complexity index is 526. The normalized spacial score (nSPS) is 11.2. The average Bonchev–Trinajstić information content (AvgIpc) is 2.79. The van der Waals surface area contributed by atoms with Crippen molar-refractivity contribution < 1.29 is 0 Å². The molecule has 0 unspecified atom stereocenters. The third kappa shape index (κ3) is 2.99. The molecule has 0 saturated heterocycles. The largest absolute Gasteiger partial charge is 0.309 e. The molecule has 0 aliphatic rings. The number of benzene rings is 1. The van der Waals surface area contributed by atoms with E-state index in [4.69, 9.17) is 0 Å². The first kappa shape index (κ1) is 12.8.